The first-order valence-electron chi connectivity index (χ1n) is 10.0. The molecule has 1 saturated carbocycles. The number of fused-ring (bicyclic) bond motifs is 1. The Morgan fingerprint density at radius 3 is 2.43 bits per heavy atom. The molecule has 0 radical (unpaired) electrons. The van der Waals surface area contributed by atoms with Crippen LogP contribution in [-0.2, 0) is 16.9 Å². The summed E-state index contributed by atoms with van der Waals surface area (Å²) in [6, 6.07) is 4.22. The van der Waals surface area contributed by atoms with Crippen LogP contribution in [0.1, 0.15) is 51.0 Å². The second-order valence-electron chi connectivity index (χ2n) is 8.45. The molecular formula is C21H28N4O2S. The van der Waals surface area contributed by atoms with Crippen LogP contribution in [0.15, 0.2) is 36.9 Å². The van der Waals surface area contributed by atoms with Gasteiger partial charge >= 0.3 is 0 Å². The first-order valence-corrected chi connectivity index (χ1v) is 11.7. The fraction of sp³-hybridized carbons (Fsp3) is 0.524. The molecule has 7 heteroatoms. The van der Waals surface area contributed by atoms with E-state index in [1.165, 1.54) is 5.56 Å². The third-order valence-corrected chi connectivity index (χ3v) is 8.39. The summed E-state index contributed by atoms with van der Waals surface area (Å²) in [7, 11) is -1.07. The Bertz CT molecular complexity index is 1070. The van der Waals surface area contributed by atoms with E-state index in [9.17, 15) is 8.42 Å². The molecule has 1 fully saturated rings. The molecular weight excluding hydrogens is 372 g/mol. The molecule has 3 heterocycles. The lowest BCUT2D eigenvalue weighted by molar-refractivity contribution is 0.435. The number of hydrogen-bond donors (Lipinski definition) is 0. The van der Waals surface area contributed by atoms with E-state index in [0.29, 0.717) is 11.7 Å². The highest BCUT2D eigenvalue weighted by atomic mass is 32.2. The second kappa shape index (κ2) is 7.35. The number of aryl methyl sites for hydroxylation is 1. The SMILES string of the molecule is CC(C)CS(=O)(=O)C1CCC(c2cnn3cc(-c4cnn(C)c4)ccc23)CC1. The minimum atomic E-state index is -2.98. The highest BCUT2D eigenvalue weighted by Crippen LogP contribution is 2.38. The quantitative estimate of drug-likeness (QED) is 0.653. The van der Waals surface area contributed by atoms with Crippen molar-refractivity contribution in [3.8, 4) is 11.1 Å². The van der Waals surface area contributed by atoms with Gasteiger partial charge in [0.05, 0.1) is 28.9 Å². The average molecular weight is 401 g/mol. The van der Waals surface area contributed by atoms with Crippen LogP contribution >= 0.6 is 0 Å². The molecule has 0 spiro atoms. The number of sulfone groups is 1. The van der Waals surface area contributed by atoms with Crippen LogP contribution in [0, 0.1) is 5.92 Å². The van der Waals surface area contributed by atoms with Gasteiger partial charge in [0.25, 0.3) is 0 Å². The third-order valence-electron chi connectivity index (χ3n) is 5.77. The summed E-state index contributed by atoms with van der Waals surface area (Å²) in [6.45, 7) is 3.95. The second-order valence-corrected chi connectivity index (χ2v) is 10.8. The highest BCUT2D eigenvalue weighted by molar-refractivity contribution is 7.92. The third kappa shape index (κ3) is 3.72. The molecule has 0 aromatic carbocycles. The first-order chi connectivity index (χ1) is 13.3. The monoisotopic (exact) mass is 400 g/mol. The standard InChI is InChI=1S/C21H28N4O2S/c1-15(2)14-28(26,27)19-7-4-16(5-8-19)20-11-23-25-13-17(6-9-21(20)25)18-10-22-24(3)12-18/h6,9-13,15-16,19H,4-5,7-8,14H2,1-3H3. The number of nitrogens with zero attached hydrogens (tertiary/aromatic N) is 4. The van der Waals surface area contributed by atoms with Crippen LogP contribution in [-0.4, -0.2) is 38.8 Å². The lowest BCUT2D eigenvalue weighted by Crippen LogP contribution is -2.30. The Labute approximate surface area is 166 Å². The summed E-state index contributed by atoms with van der Waals surface area (Å²) >= 11 is 0. The van der Waals surface area contributed by atoms with Crippen molar-refractivity contribution in [2.75, 3.05) is 5.75 Å². The van der Waals surface area contributed by atoms with Crippen molar-refractivity contribution in [2.45, 2.75) is 50.7 Å². The molecule has 0 bridgehead atoms. The smallest absolute Gasteiger partial charge is 0.153 e. The van der Waals surface area contributed by atoms with E-state index < -0.39 is 9.84 Å². The normalized spacial score (nSPS) is 20.9. The topological polar surface area (TPSA) is 69.3 Å². The van der Waals surface area contributed by atoms with Crippen LogP contribution in [0.25, 0.3) is 16.6 Å². The van der Waals surface area contributed by atoms with E-state index in [-0.39, 0.29) is 11.2 Å². The maximum Gasteiger partial charge on any atom is 0.153 e. The summed E-state index contributed by atoms with van der Waals surface area (Å²) in [4.78, 5) is 0. The van der Waals surface area contributed by atoms with E-state index >= 15 is 0 Å². The average Bonchev–Trinajstić information content (AvgIpc) is 3.26. The maximum atomic E-state index is 12.6. The lowest BCUT2D eigenvalue weighted by atomic mass is 9.84. The Balaban J connectivity index is 1.51. The number of pyridine rings is 1. The minimum Gasteiger partial charge on any atom is -0.275 e. The fourth-order valence-corrected chi connectivity index (χ4v) is 6.59. The zero-order valence-corrected chi connectivity index (χ0v) is 17.6. The molecule has 6 nitrogen and oxygen atoms in total. The van der Waals surface area contributed by atoms with Gasteiger partial charge in [0.2, 0.25) is 0 Å². The highest BCUT2D eigenvalue weighted by Gasteiger charge is 2.32. The Kier molecular flexibility index (Phi) is 5.04. The van der Waals surface area contributed by atoms with Crippen LogP contribution in [0.3, 0.4) is 0 Å². The zero-order valence-electron chi connectivity index (χ0n) is 16.7. The summed E-state index contributed by atoms with van der Waals surface area (Å²) in [5.74, 6) is 0.875. The van der Waals surface area contributed by atoms with Crippen molar-refractivity contribution in [2.24, 2.45) is 13.0 Å². The molecule has 0 saturated heterocycles. The number of aromatic nitrogens is 4. The molecule has 0 N–H and O–H groups in total. The summed E-state index contributed by atoms with van der Waals surface area (Å²) in [6.07, 6.45) is 11.2. The van der Waals surface area contributed by atoms with Gasteiger partial charge in [-0.3, -0.25) is 4.68 Å². The molecule has 150 valence electrons. The van der Waals surface area contributed by atoms with E-state index in [2.05, 4.69) is 22.3 Å². The molecule has 1 aliphatic carbocycles. The van der Waals surface area contributed by atoms with Gasteiger partial charge in [0.1, 0.15) is 0 Å². The van der Waals surface area contributed by atoms with Crippen LogP contribution in [0.2, 0.25) is 0 Å². The summed E-state index contributed by atoms with van der Waals surface area (Å²) in [5.41, 5.74) is 4.50. The molecule has 3 aromatic rings. The Morgan fingerprint density at radius 2 is 1.79 bits per heavy atom. The van der Waals surface area contributed by atoms with Crippen molar-refractivity contribution < 1.29 is 8.42 Å². The van der Waals surface area contributed by atoms with Gasteiger partial charge < -0.3 is 0 Å². The van der Waals surface area contributed by atoms with E-state index in [0.717, 1.165) is 42.3 Å². The van der Waals surface area contributed by atoms with E-state index in [4.69, 9.17) is 0 Å². The molecule has 4 rings (SSSR count). The van der Waals surface area contributed by atoms with Gasteiger partial charge in [-0.15, -0.1) is 0 Å². The van der Waals surface area contributed by atoms with Gasteiger partial charge in [-0.1, -0.05) is 19.9 Å². The van der Waals surface area contributed by atoms with Crippen LogP contribution in [0.4, 0.5) is 0 Å². The van der Waals surface area contributed by atoms with Crippen molar-refractivity contribution in [1.29, 1.82) is 0 Å². The molecule has 1 aliphatic rings. The Morgan fingerprint density at radius 1 is 1.04 bits per heavy atom. The van der Waals surface area contributed by atoms with Gasteiger partial charge in [-0.2, -0.15) is 10.2 Å². The molecule has 0 atom stereocenters. The van der Waals surface area contributed by atoms with Crippen LogP contribution in [0.5, 0.6) is 0 Å². The zero-order chi connectivity index (χ0) is 19.9. The van der Waals surface area contributed by atoms with E-state index in [1.807, 2.05) is 50.2 Å². The summed E-state index contributed by atoms with van der Waals surface area (Å²) < 4.78 is 28.8. The largest absolute Gasteiger partial charge is 0.275 e. The van der Waals surface area contributed by atoms with Crippen molar-refractivity contribution in [3.63, 3.8) is 0 Å². The van der Waals surface area contributed by atoms with Gasteiger partial charge in [0.15, 0.2) is 9.84 Å². The van der Waals surface area contributed by atoms with Gasteiger partial charge in [-0.25, -0.2) is 12.9 Å². The molecule has 0 aliphatic heterocycles. The first kappa shape index (κ1) is 19.2. The van der Waals surface area contributed by atoms with Gasteiger partial charge in [-0.05, 0) is 43.6 Å². The summed E-state index contributed by atoms with van der Waals surface area (Å²) in [5, 5.41) is 8.62. The van der Waals surface area contributed by atoms with Gasteiger partial charge in [0, 0.05) is 36.1 Å². The van der Waals surface area contributed by atoms with Crippen molar-refractivity contribution in [3.05, 3.63) is 42.5 Å². The van der Waals surface area contributed by atoms with Crippen LogP contribution < -0.4 is 0 Å². The van der Waals surface area contributed by atoms with Crippen molar-refractivity contribution >= 4 is 15.4 Å². The molecule has 3 aromatic heterocycles. The predicted molar refractivity (Wildman–Crippen MR) is 111 cm³/mol. The number of rotatable bonds is 5. The Hall–Kier alpha value is -2.15. The molecule has 0 amide bonds. The maximum absolute atomic E-state index is 12.6. The lowest BCUT2D eigenvalue weighted by Gasteiger charge is -2.28. The molecule has 0 unspecified atom stereocenters. The number of hydrogen-bond acceptors (Lipinski definition) is 4. The minimum absolute atomic E-state index is 0.176. The predicted octanol–water partition coefficient (Wildman–Crippen LogP) is 3.83. The molecule has 28 heavy (non-hydrogen) atoms. The van der Waals surface area contributed by atoms with Crippen molar-refractivity contribution in [1.82, 2.24) is 19.4 Å². The van der Waals surface area contributed by atoms with E-state index in [1.54, 1.807) is 4.68 Å². The fourth-order valence-electron chi connectivity index (χ4n) is 4.39.